The van der Waals surface area contributed by atoms with Crippen LogP contribution in [0.2, 0.25) is 5.02 Å². The van der Waals surface area contributed by atoms with Gasteiger partial charge in [0, 0.05) is 42.3 Å². The Morgan fingerprint density at radius 1 is 1.03 bits per heavy atom. The molecule has 0 unspecified atom stereocenters. The van der Waals surface area contributed by atoms with Crippen LogP contribution in [-0.4, -0.2) is 61.2 Å². The van der Waals surface area contributed by atoms with Crippen molar-refractivity contribution in [1.29, 1.82) is 0 Å². The molecule has 2 N–H and O–H groups in total. The van der Waals surface area contributed by atoms with E-state index >= 15 is 0 Å². The number of ether oxygens (including phenoxy) is 3. The van der Waals surface area contributed by atoms with E-state index in [2.05, 4.69) is 10.2 Å². The number of aromatic hydroxyl groups is 1. The van der Waals surface area contributed by atoms with Crippen LogP contribution in [0.25, 0.3) is 22.4 Å². The summed E-state index contributed by atoms with van der Waals surface area (Å²) in [6.07, 6.45) is 0. The molecule has 0 amide bonds. The summed E-state index contributed by atoms with van der Waals surface area (Å²) in [5.74, 6) is 2.25. The van der Waals surface area contributed by atoms with E-state index in [-0.39, 0.29) is 12.5 Å². The fourth-order valence-electron chi connectivity index (χ4n) is 3.95. The van der Waals surface area contributed by atoms with Crippen molar-refractivity contribution in [3.8, 4) is 39.6 Å². The lowest BCUT2D eigenvalue weighted by Gasteiger charge is -2.26. The maximum absolute atomic E-state index is 10.5. The van der Waals surface area contributed by atoms with Crippen molar-refractivity contribution in [3.05, 3.63) is 53.6 Å². The Morgan fingerprint density at radius 2 is 1.91 bits per heavy atom. The first kappa shape index (κ1) is 20.9. The van der Waals surface area contributed by atoms with Gasteiger partial charge in [-0.3, -0.25) is 4.90 Å². The third-order valence-electron chi connectivity index (χ3n) is 5.61. The first-order valence-corrected chi connectivity index (χ1v) is 11.0. The predicted molar refractivity (Wildman–Crippen MR) is 124 cm³/mol. The molecule has 166 valence electrons. The number of halogens is 1. The first-order chi connectivity index (χ1) is 15.7. The SMILES string of the molecule is Oc1ccc(Cl)cc1-c1cc(-c2cccc3c2OCO3)cc(NCCN2CCOCC2)n1. The summed E-state index contributed by atoms with van der Waals surface area (Å²) in [7, 11) is 0. The molecule has 32 heavy (non-hydrogen) atoms. The number of hydrogen-bond donors (Lipinski definition) is 2. The average Bonchev–Trinajstić information content (AvgIpc) is 3.30. The molecule has 1 saturated heterocycles. The van der Waals surface area contributed by atoms with Crippen molar-refractivity contribution < 1.29 is 19.3 Å². The maximum Gasteiger partial charge on any atom is 0.231 e. The zero-order valence-corrected chi connectivity index (χ0v) is 18.3. The van der Waals surface area contributed by atoms with Crippen LogP contribution < -0.4 is 14.8 Å². The van der Waals surface area contributed by atoms with Gasteiger partial charge in [0.15, 0.2) is 11.5 Å². The Morgan fingerprint density at radius 3 is 2.78 bits per heavy atom. The van der Waals surface area contributed by atoms with Crippen LogP contribution in [0.1, 0.15) is 0 Å². The number of benzene rings is 2. The van der Waals surface area contributed by atoms with E-state index < -0.39 is 0 Å². The lowest BCUT2D eigenvalue weighted by molar-refractivity contribution is 0.0398. The smallest absolute Gasteiger partial charge is 0.231 e. The Kier molecular flexibility index (Phi) is 6.03. The highest BCUT2D eigenvalue weighted by Gasteiger charge is 2.20. The zero-order chi connectivity index (χ0) is 21.9. The Labute approximate surface area is 191 Å². The molecule has 0 saturated carbocycles. The molecule has 0 bridgehead atoms. The second-order valence-electron chi connectivity index (χ2n) is 7.71. The van der Waals surface area contributed by atoms with Crippen molar-refractivity contribution in [2.45, 2.75) is 0 Å². The van der Waals surface area contributed by atoms with Gasteiger partial charge in [-0.15, -0.1) is 0 Å². The van der Waals surface area contributed by atoms with Gasteiger partial charge in [0.1, 0.15) is 11.6 Å². The molecule has 2 aliphatic heterocycles. The molecule has 1 aromatic heterocycles. The number of morpholine rings is 1. The van der Waals surface area contributed by atoms with Gasteiger partial charge in [0.05, 0.1) is 18.9 Å². The van der Waals surface area contributed by atoms with Crippen LogP contribution in [0.15, 0.2) is 48.5 Å². The van der Waals surface area contributed by atoms with Crippen LogP contribution in [0.3, 0.4) is 0 Å². The predicted octanol–water partition coefficient (Wildman–Crippen LogP) is 4.25. The average molecular weight is 454 g/mol. The second kappa shape index (κ2) is 9.24. The maximum atomic E-state index is 10.5. The van der Waals surface area contributed by atoms with Gasteiger partial charge in [-0.2, -0.15) is 0 Å². The van der Waals surface area contributed by atoms with Crippen molar-refractivity contribution in [2.24, 2.45) is 0 Å². The van der Waals surface area contributed by atoms with Crippen LogP contribution >= 0.6 is 11.6 Å². The molecule has 0 aliphatic carbocycles. The van der Waals surface area contributed by atoms with E-state index in [1.54, 1.807) is 18.2 Å². The number of aromatic nitrogens is 1. The van der Waals surface area contributed by atoms with Crippen LogP contribution in [0, 0.1) is 0 Å². The van der Waals surface area contributed by atoms with E-state index in [9.17, 15) is 5.11 Å². The molecule has 7 nitrogen and oxygen atoms in total. The summed E-state index contributed by atoms with van der Waals surface area (Å²) in [6, 6.07) is 14.7. The number of phenols is 1. The van der Waals surface area contributed by atoms with Crippen molar-refractivity contribution in [2.75, 3.05) is 51.5 Å². The fourth-order valence-corrected chi connectivity index (χ4v) is 4.12. The minimum atomic E-state index is 0.121. The number of rotatable bonds is 6. The zero-order valence-electron chi connectivity index (χ0n) is 17.5. The molecule has 8 heteroatoms. The molecule has 2 aliphatic rings. The Hall–Kier alpha value is -3.00. The van der Waals surface area contributed by atoms with Gasteiger partial charge in [-0.25, -0.2) is 4.98 Å². The van der Waals surface area contributed by atoms with E-state index in [0.717, 1.165) is 50.5 Å². The van der Waals surface area contributed by atoms with Crippen LogP contribution in [-0.2, 0) is 4.74 Å². The fraction of sp³-hybridized carbons (Fsp3) is 0.292. The topological polar surface area (TPSA) is 76.1 Å². The van der Waals surface area contributed by atoms with Crippen molar-refractivity contribution >= 4 is 17.4 Å². The highest BCUT2D eigenvalue weighted by molar-refractivity contribution is 6.31. The summed E-state index contributed by atoms with van der Waals surface area (Å²) in [5, 5.41) is 14.4. The summed E-state index contributed by atoms with van der Waals surface area (Å²) in [6.45, 7) is 5.24. The summed E-state index contributed by atoms with van der Waals surface area (Å²) in [5.41, 5.74) is 3.00. The molecule has 0 radical (unpaired) electrons. The summed E-state index contributed by atoms with van der Waals surface area (Å²) < 4.78 is 16.7. The lowest BCUT2D eigenvalue weighted by Crippen LogP contribution is -2.39. The quantitative estimate of drug-likeness (QED) is 0.577. The van der Waals surface area contributed by atoms with Crippen LogP contribution in [0.4, 0.5) is 5.82 Å². The number of phenolic OH excluding ortho intramolecular Hbond substituents is 1. The van der Waals surface area contributed by atoms with Gasteiger partial charge in [0.25, 0.3) is 0 Å². The molecule has 1 fully saturated rings. The molecular weight excluding hydrogens is 430 g/mol. The van der Waals surface area contributed by atoms with Crippen molar-refractivity contribution in [3.63, 3.8) is 0 Å². The lowest BCUT2D eigenvalue weighted by atomic mass is 10.0. The van der Waals surface area contributed by atoms with E-state index in [1.165, 1.54) is 0 Å². The number of para-hydroxylation sites is 1. The van der Waals surface area contributed by atoms with E-state index in [1.807, 2.05) is 30.3 Å². The largest absolute Gasteiger partial charge is 0.507 e. The third-order valence-corrected chi connectivity index (χ3v) is 5.84. The third kappa shape index (κ3) is 4.46. The number of fused-ring (bicyclic) bond motifs is 1. The number of hydrogen-bond acceptors (Lipinski definition) is 7. The number of nitrogens with one attached hydrogen (secondary N) is 1. The number of pyridine rings is 1. The van der Waals surface area contributed by atoms with Gasteiger partial charge in [0.2, 0.25) is 6.79 Å². The molecule has 3 aromatic rings. The van der Waals surface area contributed by atoms with E-state index in [4.69, 9.17) is 30.8 Å². The van der Waals surface area contributed by atoms with E-state index in [0.29, 0.717) is 33.6 Å². The minimum Gasteiger partial charge on any atom is -0.507 e. The van der Waals surface area contributed by atoms with Gasteiger partial charge in [-0.05, 0) is 42.0 Å². The standard InChI is InChI=1S/C24H24ClN3O4/c25-17-4-5-21(29)19(14-17)20-12-16(18-2-1-3-22-24(18)32-15-31-22)13-23(27-20)26-6-7-28-8-10-30-11-9-28/h1-5,12-14,29H,6-11,15H2,(H,26,27). The van der Waals surface area contributed by atoms with Gasteiger partial charge >= 0.3 is 0 Å². The highest BCUT2D eigenvalue weighted by atomic mass is 35.5. The minimum absolute atomic E-state index is 0.121. The molecule has 0 atom stereocenters. The van der Waals surface area contributed by atoms with Crippen molar-refractivity contribution in [1.82, 2.24) is 9.88 Å². The van der Waals surface area contributed by atoms with Gasteiger partial charge < -0.3 is 24.6 Å². The molecule has 0 spiro atoms. The van der Waals surface area contributed by atoms with Gasteiger partial charge in [-0.1, -0.05) is 23.7 Å². The Balaban J connectivity index is 1.49. The molecule has 3 heterocycles. The summed E-state index contributed by atoms with van der Waals surface area (Å²) in [4.78, 5) is 7.12. The monoisotopic (exact) mass is 453 g/mol. The molecule has 5 rings (SSSR count). The number of nitrogens with zero attached hydrogens (tertiary/aromatic N) is 2. The molecule has 2 aromatic carbocycles. The highest BCUT2D eigenvalue weighted by Crippen LogP contribution is 2.43. The second-order valence-corrected chi connectivity index (χ2v) is 8.14. The van der Waals surface area contributed by atoms with Crippen LogP contribution in [0.5, 0.6) is 17.2 Å². The number of anilines is 1. The normalized spacial score (nSPS) is 15.7. The summed E-state index contributed by atoms with van der Waals surface area (Å²) >= 11 is 6.20. The first-order valence-electron chi connectivity index (χ1n) is 10.6. The Bertz CT molecular complexity index is 1120. The molecular formula is C24H24ClN3O4.